The summed E-state index contributed by atoms with van der Waals surface area (Å²) in [5, 5.41) is 21.5. The predicted molar refractivity (Wildman–Crippen MR) is 100 cm³/mol. The number of aromatic hydroxyl groups is 1. The minimum absolute atomic E-state index is 0. The first-order chi connectivity index (χ1) is 11.3. The summed E-state index contributed by atoms with van der Waals surface area (Å²) >= 11 is 0. The van der Waals surface area contributed by atoms with Crippen molar-refractivity contribution in [2.75, 3.05) is 0 Å². The van der Waals surface area contributed by atoms with E-state index in [0.717, 1.165) is 27.3 Å². The van der Waals surface area contributed by atoms with Crippen molar-refractivity contribution in [3.63, 3.8) is 0 Å². The Morgan fingerprint density at radius 3 is 1.83 bits per heavy atom. The van der Waals surface area contributed by atoms with Gasteiger partial charge in [-0.2, -0.15) is 0 Å². The van der Waals surface area contributed by atoms with Crippen LogP contribution in [0.1, 0.15) is 0 Å². The Balaban J connectivity index is 0.000000670. The smallest absolute Gasteiger partial charge is 0.124 e. The zero-order chi connectivity index (χ0) is 16.2. The third-order valence-corrected chi connectivity index (χ3v) is 3.97. The normalized spacial score (nSPS) is 9.92. The Bertz CT molecular complexity index is 964. The molecule has 3 nitrogen and oxygen atoms in total. The first-order valence-corrected chi connectivity index (χ1v) is 7.29. The van der Waals surface area contributed by atoms with Crippen molar-refractivity contribution in [2.45, 2.75) is 0 Å². The van der Waals surface area contributed by atoms with E-state index in [9.17, 15) is 5.11 Å². The Labute approximate surface area is 142 Å². The van der Waals surface area contributed by atoms with Gasteiger partial charge in [-0.05, 0) is 33.2 Å². The molecule has 24 heavy (non-hydrogen) atoms. The lowest BCUT2D eigenvalue weighted by Crippen LogP contribution is -1.85. The van der Waals surface area contributed by atoms with E-state index in [4.69, 9.17) is 5.21 Å². The van der Waals surface area contributed by atoms with Gasteiger partial charge in [0.15, 0.2) is 0 Å². The van der Waals surface area contributed by atoms with Gasteiger partial charge in [-0.25, -0.2) is 5.90 Å². The SMILES string of the molecule is NO.Oc1ccc2ccccc2c1-c1cccc2ccccc12.[B]. The number of phenols is 1. The molecule has 117 valence electrons. The number of fused-ring (bicyclic) bond motifs is 2. The molecule has 4 aromatic carbocycles. The standard InChI is InChI=1S/C20H14O.B.H3NO/c21-19-13-12-15-7-2-4-10-17(15)20(19)18-11-5-8-14-6-1-3-9-16(14)18;;1-2/h1-13,21H;;2H,1H2. The number of phenolic OH excluding ortho intramolecular Hbond substituents is 1. The average Bonchev–Trinajstić information content (AvgIpc) is 2.63. The van der Waals surface area contributed by atoms with Gasteiger partial charge in [0.1, 0.15) is 5.75 Å². The van der Waals surface area contributed by atoms with Crippen LogP contribution in [-0.4, -0.2) is 18.7 Å². The van der Waals surface area contributed by atoms with Gasteiger partial charge in [-0.15, -0.1) is 0 Å². The third-order valence-electron chi connectivity index (χ3n) is 3.97. The van der Waals surface area contributed by atoms with Gasteiger partial charge in [0.2, 0.25) is 0 Å². The molecule has 0 aromatic heterocycles. The quantitative estimate of drug-likeness (QED) is 0.362. The van der Waals surface area contributed by atoms with Crippen LogP contribution in [0, 0.1) is 0 Å². The molecule has 4 aromatic rings. The predicted octanol–water partition coefficient (Wildman–Crippen LogP) is 4.32. The highest BCUT2D eigenvalue weighted by Crippen LogP contribution is 2.39. The first-order valence-electron chi connectivity index (χ1n) is 7.29. The van der Waals surface area contributed by atoms with Crippen LogP contribution in [0.3, 0.4) is 0 Å². The molecule has 3 radical (unpaired) electrons. The number of hydrogen-bond acceptors (Lipinski definition) is 3. The molecule has 4 N–H and O–H groups in total. The van der Waals surface area contributed by atoms with Crippen molar-refractivity contribution in [3.8, 4) is 16.9 Å². The van der Waals surface area contributed by atoms with E-state index in [-0.39, 0.29) is 8.41 Å². The molecule has 0 bridgehead atoms. The van der Waals surface area contributed by atoms with E-state index in [0.29, 0.717) is 5.75 Å². The van der Waals surface area contributed by atoms with Gasteiger partial charge in [-0.3, -0.25) is 0 Å². The van der Waals surface area contributed by atoms with Crippen molar-refractivity contribution in [2.24, 2.45) is 5.90 Å². The largest absolute Gasteiger partial charge is 0.507 e. The van der Waals surface area contributed by atoms with Gasteiger partial charge in [0.05, 0.1) is 0 Å². The molecule has 0 aliphatic heterocycles. The summed E-state index contributed by atoms with van der Waals surface area (Å²) in [7, 11) is 0. The van der Waals surface area contributed by atoms with Gasteiger partial charge in [0, 0.05) is 14.0 Å². The van der Waals surface area contributed by atoms with Crippen LogP contribution in [0.15, 0.2) is 78.9 Å². The Hall–Kier alpha value is -2.82. The molecule has 0 aliphatic rings. The van der Waals surface area contributed by atoms with Crippen LogP contribution in [-0.2, 0) is 0 Å². The van der Waals surface area contributed by atoms with Gasteiger partial charge >= 0.3 is 0 Å². The summed E-state index contributed by atoms with van der Waals surface area (Å²) in [6, 6.07) is 26.4. The molecule has 0 unspecified atom stereocenters. The van der Waals surface area contributed by atoms with E-state index < -0.39 is 0 Å². The fraction of sp³-hybridized carbons (Fsp3) is 0. The molecule has 0 fully saturated rings. The lowest BCUT2D eigenvalue weighted by Gasteiger charge is -2.12. The minimum atomic E-state index is 0. The van der Waals surface area contributed by atoms with Crippen LogP contribution in [0.4, 0.5) is 0 Å². The van der Waals surface area contributed by atoms with Gasteiger partial charge in [0.25, 0.3) is 0 Å². The second kappa shape index (κ2) is 7.64. The first kappa shape index (κ1) is 17.5. The number of rotatable bonds is 1. The lowest BCUT2D eigenvalue weighted by atomic mass is 9.93. The topological polar surface area (TPSA) is 66.5 Å². The number of benzene rings is 4. The van der Waals surface area contributed by atoms with E-state index in [1.54, 1.807) is 6.07 Å². The summed E-state index contributed by atoms with van der Waals surface area (Å²) in [5.74, 6) is 3.82. The van der Waals surface area contributed by atoms with Crippen molar-refractivity contribution in [1.29, 1.82) is 0 Å². The number of hydrogen-bond donors (Lipinski definition) is 3. The highest BCUT2D eigenvalue weighted by atomic mass is 16.4. The molecule has 0 aliphatic carbocycles. The monoisotopic (exact) mass is 314 g/mol. The average molecular weight is 314 g/mol. The second-order valence-electron chi connectivity index (χ2n) is 5.21. The summed E-state index contributed by atoms with van der Waals surface area (Å²) in [5.41, 5.74) is 1.98. The molecule has 4 rings (SSSR count). The zero-order valence-electron chi connectivity index (χ0n) is 13.1. The molecule has 0 spiro atoms. The van der Waals surface area contributed by atoms with Gasteiger partial charge in [-0.1, -0.05) is 72.8 Å². The van der Waals surface area contributed by atoms with Gasteiger partial charge < -0.3 is 10.3 Å². The molecular formula is C20H17BNO2. The van der Waals surface area contributed by atoms with E-state index in [1.807, 2.05) is 36.4 Å². The van der Waals surface area contributed by atoms with Crippen molar-refractivity contribution in [3.05, 3.63) is 78.9 Å². The van der Waals surface area contributed by atoms with E-state index in [1.165, 1.54) is 5.39 Å². The van der Waals surface area contributed by atoms with E-state index >= 15 is 0 Å². The van der Waals surface area contributed by atoms with Crippen LogP contribution in [0.25, 0.3) is 32.7 Å². The summed E-state index contributed by atoms with van der Waals surface area (Å²) in [6.07, 6.45) is 0. The fourth-order valence-corrected chi connectivity index (χ4v) is 2.99. The Morgan fingerprint density at radius 2 is 1.12 bits per heavy atom. The molecule has 0 amide bonds. The van der Waals surface area contributed by atoms with E-state index in [2.05, 4.69) is 42.3 Å². The van der Waals surface area contributed by atoms with Crippen LogP contribution < -0.4 is 5.90 Å². The molecule has 0 saturated heterocycles. The molecule has 0 saturated carbocycles. The summed E-state index contributed by atoms with van der Waals surface area (Å²) < 4.78 is 0. The Kier molecular flexibility index (Phi) is 5.58. The van der Waals surface area contributed by atoms with Crippen LogP contribution in [0.5, 0.6) is 5.75 Å². The number of nitrogens with two attached hydrogens (primary N) is 1. The lowest BCUT2D eigenvalue weighted by molar-refractivity contribution is 0.311. The van der Waals surface area contributed by atoms with Crippen molar-refractivity contribution < 1.29 is 10.3 Å². The minimum Gasteiger partial charge on any atom is -0.507 e. The summed E-state index contributed by atoms with van der Waals surface area (Å²) in [6.45, 7) is 0. The zero-order valence-corrected chi connectivity index (χ0v) is 13.1. The fourth-order valence-electron chi connectivity index (χ4n) is 2.99. The van der Waals surface area contributed by atoms with Crippen molar-refractivity contribution >= 4 is 30.0 Å². The third kappa shape index (κ3) is 2.97. The van der Waals surface area contributed by atoms with Crippen molar-refractivity contribution in [1.82, 2.24) is 0 Å². The molecule has 4 heteroatoms. The van der Waals surface area contributed by atoms with Crippen LogP contribution >= 0.6 is 0 Å². The highest BCUT2D eigenvalue weighted by molar-refractivity contribution is 6.07. The Morgan fingerprint density at radius 1 is 0.583 bits per heavy atom. The maximum absolute atomic E-state index is 10.4. The maximum atomic E-state index is 10.4. The van der Waals surface area contributed by atoms with Crippen LogP contribution in [0.2, 0.25) is 0 Å². The molecule has 0 heterocycles. The highest BCUT2D eigenvalue weighted by Gasteiger charge is 2.11. The second-order valence-corrected chi connectivity index (χ2v) is 5.21. The summed E-state index contributed by atoms with van der Waals surface area (Å²) in [4.78, 5) is 0. The maximum Gasteiger partial charge on any atom is 0.124 e. The molecule has 0 atom stereocenters. The molecular weight excluding hydrogens is 297 g/mol.